The van der Waals surface area contributed by atoms with Crippen LogP contribution in [0.25, 0.3) is 0 Å². The second-order valence-corrected chi connectivity index (χ2v) is 9.33. The molecular formula is C22H30N2O2S. The van der Waals surface area contributed by atoms with Gasteiger partial charge in [0.2, 0.25) is 11.8 Å². The first-order chi connectivity index (χ1) is 12.7. The van der Waals surface area contributed by atoms with Crippen molar-refractivity contribution in [2.75, 3.05) is 6.54 Å². The number of carbonyl (C=O) groups excluding carboxylic acids is 2. The van der Waals surface area contributed by atoms with Gasteiger partial charge in [0.05, 0.1) is 12.6 Å². The van der Waals surface area contributed by atoms with Gasteiger partial charge in [-0.1, -0.05) is 65.0 Å². The van der Waals surface area contributed by atoms with Crippen molar-refractivity contribution in [3.8, 4) is 0 Å². The third-order valence-corrected chi connectivity index (χ3v) is 5.14. The monoisotopic (exact) mass is 386 g/mol. The van der Waals surface area contributed by atoms with E-state index in [0.717, 1.165) is 10.4 Å². The maximum absolute atomic E-state index is 12.4. The lowest BCUT2D eigenvalue weighted by Crippen LogP contribution is -2.39. The number of nitrogens with one attached hydrogen (secondary N) is 2. The summed E-state index contributed by atoms with van der Waals surface area (Å²) < 4.78 is 0. The first-order valence-electron chi connectivity index (χ1n) is 9.35. The highest BCUT2D eigenvalue weighted by Crippen LogP contribution is 2.27. The van der Waals surface area contributed by atoms with Crippen LogP contribution in [0.4, 0.5) is 0 Å². The largest absolute Gasteiger partial charge is 0.347 e. The molecule has 2 N–H and O–H groups in total. The quantitative estimate of drug-likeness (QED) is 0.729. The minimum absolute atomic E-state index is 0.0130. The van der Waals surface area contributed by atoms with Crippen LogP contribution < -0.4 is 10.6 Å². The van der Waals surface area contributed by atoms with E-state index in [4.69, 9.17) is 0 Å². The average Bonchev–Trinajstić information content (AvgIpc) is 3.11. The fraction of sp³-hybridized carbons (Fsp3) is 0.455. The third-order valence-electron chi connectivity index (χ3n) is 4.21. The summed E-state index contributed by atoms with van der Waals surface area (Å²) in [5, 5.41) is 7.78. The number of carbonyl (C=O) groups is 2. The van der Waals surface area contributed by atoms with Gasteiger partial charge < -0.3 is 10.6 Å². The zero-order valence-electron chi connectivity index (χ0n) is 16.8. The van der Waals surface area contributed by atoms with Gasteiger partial charge in [-0.05, 0) is 33.9 Å². The molecule has 1 atom stereocenters. The lowest BCUT2D eigenvalue weighted by atomic mass is 9.92. The molecule has 5 heteroatoms. The van der Waals surface area contributed by atoms with E-state index in [2.05, 4.69) is 48.7 Å². The fourth-order valence-electron chi connectivity index (χ4n) is 2.78. The van der Waals surface area contributed by atoms with E-state index in [1.165, 1.54) is 5.56 Å². The average molecular weight is 387 g/mol. The van der Waals surface area contributed by atoms with Gasteiger partial charge in [-0.2, -0.15) is 0 Å². The molecule has 0 spiro atoms. The Morgan fingerprint density at radius 3 is 2.15 bits per heavy atom. The number of benzene rings is 1. The highest BCUT2D eigenvalue weighted by Gasteiger charge is 2.20. The summed E-state index contributed by atoms with van der Waals surface area (Å²) in [5.74, 6) is 0.169. The van der Waals surface area contributed by atoms with Gasteiger partial charge in [-0.3, -0.25) is 9.59 Å². The molecule has 0 aliphatic carbocycles. The second kappa shape index (κ2) is 9.18. The summed E-state index contributed by atoms with van der Waals surface area (Å²) in [5.41, 5.74) is 2.21. The Morgan fingerprint density at radius 1 is 1.00 bits per heavy atom. The van der Waals surface area contributed by atoms with Crippen molar-refractivity contribution in [2.45, 2.75) is 53.0 Å². The molecule has 0 saturated heterocycles. The van der Waals surface area contributed by atoms with E-state index < -0.39 is 0 Å². The van der Waals surface area contributed by atoms with Crippen molar-refractivity contribution in [3.05, 3.63) is 57.8 Å². The standard InChI is InChI=1S/C22H30N2O2S/c1-15(2)16-8-10-17(11-9-16)21(18-7-6-12-27-18)24-20(26)14-23-19(25)13-22(3,4)5/h6-12,15,21H,13-14H2,1-5H3,(H,23,25)(H,24,26). The lowest BCUT2D eigenvalue weighted by Gasteiger charge is -2.20. The van der Waals surface area contributed by atoms with Crippen molar-refractivity contribution >= 4 is 23.2 Å². The zero-order chi connectivity index (χ0) is 20.0. The molecule has 0 radical (unpaired) electrons. The zero-order valence-corrected chi connectivity index (χ0v) is 17.7. The maximum Gasteiger partial charge on any atom is 0.240 e. The Kier molecular flexibility index (Phi) is 7.19. The Labute approximate surface area is 166 Å². The lowest BCUT2D eigenvalue weighted by molar-refractivity contribution is -0.127. The van der Waals surface area contributed by atoms with Crippen molar-refractivity contribution in [3.63, 3.8) is 0 Å². The van der Waals surface area contributed by atoms with Gasteiger partial charge in [-0.25, -0.2) is 0 Å². The highest BCUT2D eigenvalue weighted by molar-refractivity contribution is 7.10. The molecule has 0 bridgehead atoms. The summed E-state index contributed by atoms with van der Waals surface area (Å²) in [7, 11) is 0. The number of rotatable bonds is 7. The molecule has 1 unspecified atom stereocenters. The molecule has 27 heavy (non-hydrogen) atoms. The van der Waals surface area contributed by atoms with Gasteiger partial charge in [0.1, 0.15) is 0 Å². The van der Waals surface area contributed by atoms with E-state index in [1.807, 2.05) is 38.3 Å². The molecule has 2 aromatic rings. The van der Waals surface area contributed by atoms with E-state index >= 15 is 0 Å². The number of hydrogen-bond acceptors (Lipinski definition) is 3. The van der Waals surface area contributed by atoms with Gasteiger partial charge in [-0.15, -0.1) is 11.3 Å². The summed E-state index contributed by atoms with van der Waals surface area (Å²) in [6.45, 7) is 10.3. The van der Waals surface area contributed by atoms with Crippen LogP contribution >= 0.6 is 11.3 Å². The molecule has 0 aliphatic rings. The first-order valence-corrected chi connectivity index (χ1v) is 10.2. The summed E-state index contributed by atoms with van der Waals surface area (Å²) in [4.78, 5) is 25.5. The van der Waals surface area contributed by atoms with Gasteiger partial charge in [0.15, 0.2) is 0 Å². The molecule has 2 amide bonds. The molecule has 4 nitrogen and oxygen atoms in total. The molecule has 1 aromatic carbocycles. The number of thiophene rings is 1. The van der Waals surface area contributed by atoms with Crippen LogP contribution in [0.2, 0.25) is 0 Å². The minimum atomic E-state index is -0.210. The summed E-state index contributed by atoms with van der Waals surface area (Å²) in [6, 6.07) is 12.1. The molecule has 0 saturated carbocycles. The summed E-state index contributed by atoms with van der Waals surface area (Å²) in [6.07, 6.45) is 0.394. The molecule has 1 heterocycles. The molecular weight excluding hydrogens is 356 g/mol. The predicted molar refractivity (Wildman–Crippen MR) is 112 cm³/mol. The van der Waals surface area contributed by atoms with Crippen LogP contribution in [0, 0.1) is 5.41 Å². The third kappa shape index (κ3) is 6.83. The fourth-order valence-corrected chi connectivity index (χ4v) is 3.59. The van der Waals surface area contributed by atoms with Crippen LogP contribution in [-0.4, -0.2) is 18.4 Å². The summed E-state index contributed by atoms with van der Waals surface area (Å²) >= 11 is 1.61. The van der Waals surface area contributed by atoms with Crippen LogP contribution in [-0.2, 0) is 9.59 Å². The van der Waals surface area contributed by atoms with E-state index in [9.17, 15) is 9.59 Å². The van der Waals surface area contributed by atoms with Crippen LogP contribution in [0.1, 0.15) is 69.0 Å². The molecule has 0 aliphatic heterocycles. The topological polar surface area (TPSA) is 58.2 Å². The minimum Gasteiger partial charge on any atom is -0.347 e. The van der Waals surface area contributed by atoms with Crippen LogP contribution in [0.5, 0.6) is 0 Å². The molecule has 146 valence electrons. The van der Waals surface area contributed by atoms with Crippen molar-refractivity contribution in [2.24, 2.45) is 5.41 Å². The first kappa shape index (κ1) is 21.2. The molecule has 0 fully saturated rings. The van der Waals surface area contributed by atoms with Crippen LogP contribution in [0.3, 0.4) is 0 Å². The van der Waals surface area contributed by atoms with E-state index in [1.54, 1.807) is 11.3 Å². The van der Waals surface area contributed by atoms with Crippen molar-refractivity contribution in [1.82, 2.24) is 10.6 Å². The van der Waals surface area contributed by atoms with Gasteiger partial charge in [0.25, 0.3) is 0 Å². The van der Waals surface area contributed by atoms with Crippen molar-refractivity contribution < 1.29 is 9.59 Å². The molecule has 1 aromatic heterocycles. The van der Waals surface area contributed by atoms with Crippen molar-refractivity contribution in [1.29, 1.82) is 0 Å². The van der Waals surface area contributed by atoms with Crippen LogP contribution in [0.15, 0.2) is 41.8 Å². The number of hydrogen-bond donors (Lipinski definition) is 2. The highest BCUT2D eigenvalue weighted by atomic mass is 32.1. The SMILES string of the molecule is CC(C)c1ccc(C(NC(=O)CNC(=O)CC(C)(C)C)c2cccs2)cc1. The maximum atomic E-state index is 12.4. The van der Waals surface area contributed by atoms with E-state index in [0.29, 0.717) is 12.3 Å². The second-order valence-electron chi connectivity index (χ2n) is 8.35. The van der Waals surface area contributed by atoms with Gasteiger partial charge in [0, 0.05) is 11.3 Å². The smallest absolute Gasteiger partial charge is 0.240 e. The Hall–Kier alpha value is -2.14. The Morgan fingerprint density at radius 2 is 1.63 bits per heavy atom. The Balaban J connectivity index is 2.05. The normalized spacial score (nSPS) is 12.7. The predicted octanol–water partition coefficient (Wildman–Crippen LogP) is 4.63. The number of amides is 2. The van der Waals surface area contributed by atoms with E-state index in [-0.39, 0.29) is 29.8 Å². The van der Waals surface area contributed by atoms with Gasteiger partial charge >= 0.3 is 0 Å². The molecule has 2 rings (SSSR count). The Bertz CT molecular complexity index is 744.